The Morgan fingerprint density at radius 1 is 1.37 bits per heavy atom. The highest BCUT2D eigenvalue weighted by molar-refractivity contribution is 9.10. The molecule has 1 rings (SSSR count). The lowest BCUT2D eigenvalue weighted by atomic mass is 9.99. The molecule has 0 saturated carbocycles. The highest BCUT2D eigenvalue weighted by atomic mass is 79.9. The van der Waals surface area contributed by atoms with Gasteiger partial charge in [0.1, 0.15) is 11.6 Å². The molecule has 0 aliphatic carbocycles. The van der Waals surface area contributed by atoms with E-state index in [1.54, 1.807) is 6.07 Å². The molecule has 7 heteroatoms. The lowest BCUT2D eigenvalue weighted by Crippen LogP contribution is -2.24. The molecule has 1 aromatic carbocycles. The van der Waals surface area contributed by atoms with Crippen molar-refractivity contribution in [1.29, 1.82) is 0 Å². The Bertz CT molecular complexity index is 514. The third-order valence-corrected chi connectivity index (χ3v) is 4.32. The summed E-state index contributed by atoms with van der Waals surface area (Å²) in [4.78, 5) is 0. The minimum absolute atomic E-state index is 0.0884. The van der Waals surface area contributed by atoms with Crippen LogP contribution in [0.2, 0.25) is 0 Å². The van der Waals surface area contributed by atoms with Gasteiger partial charge in [0.25, 0.3) is 0 Å². The van der Waals surface area contributed by atoms with Crippen molar-refractivity contribution in [2.75, 3.05) is 12.4 Å². The third kappa shape index (κ3) is 6.58. The summed E-state index contributed by atoms with van der Waals surface area (Å²) in [5.41, 5.74) is 0. The maximum absolute atomic E-state index is 13.2. The Morgan fingerprint density at radius 2 is 2.00 bits per heavy atom. The summed E-state index contributed by atoms with van der Waals surface area (Å²) in [6.45, 7) is 3.94. The van der Waals surface area contributed by atoms with Crippen LogP contribution < -0.4 is 4.74 Å². The molecular formula is C12H15BrClFO3S. The van der Waals surface area contributed by atoms with Gasteiger partial charge in [-0.1, -0.05) is 29.8 Å². The van der Waals surface area contributed by atoms with Crippen molar-refractivity contribution in [1.82, 2.24) is 0 Å². The van der Waals surface area contributed by atoms with E-state index in [0.717, 1.165) is 0 Å². The Hall–Kier alpha value is -0.330. The molecule has 108 valence electrons. The average Bonchev–Trinajstić information content (AvgIpc) is 2.20. The van der Waals surface area contributed by atoms with Crippen molar-refractivity contribution >= 4 is 35.7 Å². The monoisotopic (exact) mass is 372 g/mol. The van der Waals surface area contributed by atoms with Crippen LogP contribution in [0.4, 0.5) is 4.39 Å². The molecule has 3 nitrogen and oxygen atoms in total. The smallest absolute Gasteiger partial charge is 0.233 e. The van der Waals surface area contributed by atoms with Gasteiger partial charge in [-0.05, 0) is 18.1 Å². The average molecular weight is 374 g/mol. The molecule has 19 heavy (non-hydrogen) atoms. The predicted octanol–water partition coefficient (Wildman–Crippen LogP) is 3.81. The molecule has 0 aliphatic heterocycles. The van der Waals surface area contributed by atoms with Gasteiger partial charge in [0.2, 0.25) is 9.05 Å². The van der Waals surface area contributed by atoms with Gasteiger partial charge in [0, 0.05) is 27.1 Å². The second-order valence-electron chi connectivity index (χ2n) is 4.63. The quantitative estimate of drug-likeness (QED) is 0.712. The van der Waals surface area contributed by atoms with Crippen molar-refractivity contribution < 1.29 is 17.5 Å². The Kier molecular flexibility index (Phi) is 6.08. The number of hydrogen-bond donors (Lipinski definition) is 0. The number of rotatable bonds is 6. The van der Waals surface area contributed by atoms with Crippen molar-refractivity contribution in [2.24, 2.45) is 11.8 Å². The summed E-state index contributed by atoms with van der Waals surface area (Å²) in [7, 11) is 1.67. The van der Waals surface area contributed by atoms with Gasteiger partial charge in [-0.2, -0.15) is 0 Å². The molecule has 0 amide bonds. The molecule has 0 bridgehead atoms. The van der Waals surface area contributed by atoms with Crippen LogP contribution in [0.3, 0.4) is 0 Å². The molecule has 1 aromatic rings. The normalized spacial score (nSPS) is 13.6. The van der Waals surface area contributed by atoms with Crippen molar-refractivity contribution in [3.8, 4) is 5.75 Å². The van der Waals surface area contributed by atoms with Crippen LogP contribution in [0.5, 0.6) is 5.75 Å². The van der Waals surface area contributed by atoms with Crippen LogP contribution in [0.25, 0.3) is 0 Å². The van der Waals surface area contributed by atoms with Gasteiger partial charge in [-0.15, -0.1) is 0 Å². The van der Waals surface area contributed by atoms with Crippen LogP contribution in [0.1, 0.15) is 13.8 Å². The van der Waals surface area contributed by atoms with E-state index in [1.165, 1.54) is 12.1 Å². The molecule has 0 fully saturated rings. The van der Waals surface area contributed by atoms with Gasteiger partial charge < -0.3 is 4.74 Å². The van der Waals surface area contributed by atoms with E-state index in [0.29, 0.717) is 10.2 Å². The first-order valence-electron chi connectivity index (χ1n) is 5.68. The zero-order valence-corrected chi connectivity index (χ0v) is 13.7. The first-order chi connectivity index (χ1) is 8.67. The van der Waals surface area contributed by atoms with Crippen LogP contribution in [0.15, 0.2) is 22.7 Å². The summed E-state index contributed by atoms with van der Waals surface area (Å²) < 4.78 is 41.4. The second-order valence-corrected chi connectivity index (χ2v) is 8.36. The summed E-state index contributed by atoms with van der Waals surface area (Å²) in [5, 5.41) is 0. The Labute approximate surface area is 125 Å². The van der Waals surface area contributed by atoms with Crippen LogP contribution in [-0.2, 0) is 9.05 Å². The number of halogens is 3. The lowest BCUT2D eigenvalue weighted by Gasteiger charge is -2.19. The number of ether oxygens (including phenoxy) is 1. The third-order valence-electron chi connectivity index (χ3n) is 2.66. The van der Waals surface area contributed by atoms with E-state index in [1.807, 2.05) is 13.8 Å². The number of hydrogen-bond acceptors (Lipinski definition) is 3. The number of benzene rings is 1. The molecule has 1 unspecified atom stereocenters. The van der Waals surface area contributed by atoms with Crippen molar-refractivity contribution in [3.05, 3.63) is 28.5 Å². The SMILES string of the molecule is CC(C)C(COc1cc(F)cc(Br)c1)CS(=O)(=O)Cl. The summed E-state index contributed by atoms with van der Waals surface area (Å²) >= 11 is 3.16. The Balaban J connectivity index is 2.71. The zero-order chi connectivity index (χ0) is 14.6. The van der Waals surface area contributed by atoms with E-state index in [2.05, 4.69) is 15.9 Å². The summed E-state index contributed by atoms with van der Waals surface area (Å²) in [5.74, 6) is -0.391. The van der Waals surface area contributed by atoms with E-state index in [-0.39, 0.29) is 24.2 Å². The molecule has 0 aromatic heterocycles. The maximum atomic E-state index is 13.2. The minimum Gasteiger partial charge on any atom is -0.493 e. The van der Waals surface area contributed by atoms with Gasteiger partial charge in [-0.3, -0.25) is 0 Å². The van der Waals surface area contributed by atoms with Gasteiger partial charge in [0.15, 0.2) is 0 Å². The molecule has 0 aliphatic rings. The molecule has 0 spiro atoms. The highest BCUT2D eigenvalue weighted by Gasteiger charge is 2.21. The van der Waals surface area contributed by atoms with Gasteiger partial charge >= 0.3 is 0 Å². The summed E-state index contributed by atoms with van der Waals surface area (Å²) in [6.07, 6.45) is 0. The van der Waals surface area contributed by atoms with Crippen LogP contribution >= 0.6 is 26.6 Å². The van der Waals surface area contributed by atoms with Gasteiger partial charge in [0.05, 0.1) is 12.4 Å². The predicted molar refractivity (Wildman–Crippen MR) is 77.6 cm³/mol. The summed E-state index contributed by atoms with van der Waals surface area (Å²) in [6, 6.07) is 4.18. The van der Waals surface area contributed by atoms with E-state index >= 15 is 0 Å². The van der Waals surface area contributed by atoms with E-state index < -0.39 is 14.9 Å². The fraction of sp³-hybridized carbons (Fsp3) is 0.500. The first-order valence-corrected chi connectivity index (χ1v) is 8.96. The first kappa shape index (κ1) is 16.7. The van der Waals surface area contributed by atoms with Gasteiger partial charge in [-0.25, -0.2) is 12.8 Å². The molecule has 0 N–H and O–H groups in total. The van der Waals surface area contributed by atoms with Crippen molar-refractivity contribution in [3.63, 3.8) is 0 Å². The molecule has 0 heterocycles. The highest BCUT2D eigenvalue weighted by Crippen LogP contribution is 2.23. The van der Waals surface area contributed by atoms with Crippen LogP contribution in [-0.4, -0.2) is 20.8 Å². The molecule has 0 radical (unpaired) electrons. The standard InChI is InChI=1S/C12H15BrClFO3S/c1-8(2)9(7-19(14,16)17)6-18-12-4-10(13)3-11(15)5-12/h3-5,8-9H,6-7H2,1-2H3. The van der Waals surface area contributed by atoms with Crippen molar-refractivity contribution in [2.45, 2.75) is 13.8 Å². The Morgan fingerprint density at radius 3 is 2.47 bits per heavy atom. The second kappa shape index (κ2) is 6.90. The fourth-order valence-electron chi connectivity index (χ4n) is 1.50. The van der Waals surface area contributed by atoms with E-state index in [9.17, 15) is 12.8 Å². The molecule has 0 saturated heterocycles. The minimum atomic E-state index is -3.58. The maximum Gasteiger partial charge on any atom is 0.233 e. The zero-order valence-electron chi connectivity index (χ0n) is 10.6. The fourth-order valence-corrected chi connectivity index (χ4v) is 3.43. The molecular weight excluding hydrogens is 359 g/mol. The topological polar surface area (TPSA) is 43.4 Å². The molecule has 1 atom stereocenters. The lowest BCUT2D eigenvalue weighted by molar-refractivity contribution is 0.224. The van der Waals surface area contributed by atoms with E-state index in [4.69, 9.17) is 15.4 Å². The largest absolute Gasteiger partial charge is 0.493 e. The van der Waals surface area contributed by atoms with Crippen LogP contribution in [0, 0.1) is 17.7 Å².